The highest BCUT2D eigenvalue weighted by molar-refractivity contribution is 5.87. The molecular formula is C9H11F2N3O. The molecule has 0 radical (unpaired) electrons. The number of anilines is 1. The van der Waals surface area contributed by atoms with Crippen LogP contribution >= 0.6 is 0 Å². The van der Waals surface area contributed by atoms with Gasteiger partial charge in [-0.15, -0.1) is 0 Å². The molecule has 4 nitrogen and oxygen atoms in total. The molecule has 0 spiro atoms. The Labute approximate surface area is 85.4 Å². The van der Waals surface area contributed by atoms with E-state index in [2.05, 4.69) is 10.5 Å². The molecule has 1 atom stereocenters. The molecule has 0 aromatic heterocycles. The summed E-state index contributed by atoms with van der Waals surface area (Å²) >= 11 is 0. The minimum absolute atomic E-state index is 0.0332. The maximum Gasteiger partial charge on any atom is 0.161 e. The van der Waals surface area contributed by atoms with Crippen LogP contribution < -0.4 is 11.1 Å². The lowest BCUT2D eigenvalue weighted by molar-refractivity contribution is 0.316. The lowest BCUT2D eigenvalue weighted by Gasteiger charge is -2.14. The topological polar surface area (TPSA) is 70.6 Å². The van der Waals surface area contributed by atoms with Gasteiger partial charge in [-0.25, -0.2) is 8.78 Å². The fourth-order valence-corrected chi connectivity index (χ4v) is 1.00. The Bertz CT molecular complexity index is 382. The average Bonchev–Trinajstić information content (AvgIpc) is 2.22. The molecule has 6 heteroatoms. The summed E-state index contributed by atoms with van der Waals surface area (Å²) in [5.41, 5.74) is 5.24. The summed E-state index contributed by atoms with van der Waals surface area (Å²) in [6.45, 7) is 1.55. The van der Waals surface area contributed by atoms with Crippen molar-refractivity contribution in [1.29, 1.82) is 0 Å². The third kappa shape index (κ3) is 2.80. The first kappa shape index (κ1) is 11.2. The van der Waals surface area contributed by atoms with Crippen LogP contribution in [-0.2, 0) is 0 Å². The van der Waals surface area contributed by atoms with Crippen LogP contribution in [0.3, 0.4) is 0 Å². The highest BCUT2D eigenvalue weighted by Crippen LogP contribution is 2.16. The van der Waals surface area contributed by atoms with Crippen LogP contribution in [0.1, 0.15) is 6.92 Å². The highest BCUT2D eigenvalue weighted by atomic mass is 19.1. The van der Waals surface area contributed by atoms with E-state index in [-0.39, 0.29) is 11.5 Å². The van der Waals surface area contributed by atoms with E-state index in [1.54, 1.807) is 6.92 Å². The van der Waals surface area contributed by atoms with E-state index in [4.69, 9.17) is 10.9 Å². The molecule has 0 amide bonds. The van der Waals surface area contributed by atoms with Gasteiger partial charge in [-0.3, -0.25) is 0 Å². The monoisotopic (exact) mass is 215 g/mol. The molecule has 1 aromatic rings. The number of rotatable bonds is 3. The molecule has 82 valence electrons. The van der Waals surface area contributed by atoms with Crippen LogP contribution in [-0.4, -0.2) is 17.1 Å². The Morgan fingerprint density at radius 1 is 1.53 bits per heavy atom. The van der Waals surface area contributed by atoms with E-state index in [9.17, 15) is 8.78 Å². The molecule has 0 fully saturated rings. The molecule has 1 aromatic carbocycles. The largest absolute Gasteiger partial charge is 0.409 e. The Morgan fingerprint density at radius 3 is 2.80 bits per heavy atom. The first-order valence-electron chi connectivity index (χ1n) is 4.23. The quantitative estimate of drug-likeness (QED) is 0.310. The number of hydrogen-bond donors (Lipinski definition) is 3. The predicted molar refractivity (Wildman–Crippen MR) is 52.9 cm³/mol. The van der Waals surface area contributed by atoms with Gasteiger partial charge in [-0.05, 0) is 25.1 Å². The van der Waals surface area contributed by atoms with Crippen molar-refractivity contribution in [1.82, 2.24) is 0 Å². The van der Waals surface area contributed by atoms with E-state index < -0.39 is 17.7 Å². The molecule has 4 N–H and O–H groups in total. The van der Waals surface area contributed by atoms with Gasteiger partial charge in [0.2, 0.25) is 0 Å². The van der Waals surface area contributed by atoms with Crippen LogP contribution in [0.2, 0.25) is 0 Å². The minimum Gasteiger partial charge on any atom is -0.409 e. The van der Waals surface area contributed by atoms with Crippen LogP contribution in [0, 0.1) is 11.6 Å². The fourth-order valence-electron chi connectivity index (χ4n) is 1.00. The number of nitrogens with zero attached hydrogens (tertiary/aromatic N) is 1. The SMILES string of the molecule is CC(Nc1cc(F)ccc1F)C(N)=NO. The van der Waals surface area contributed by atoms with Crippen LogP contribution in [0.4, 0.5) is 14.5 Å². The molecule has 0 aliphatic rings. The molecule has 0 aliphatic carbocycles. The maximum absolute atomic E-state index is 13.1. The Kier molecular flexibility index (Phi) is 3.43. The maximum atomic E-state index is 13.1. The standard InChI is InChI=1S/C9H11F2N3O/c1-5(9(12)14-15)13-8-4-6(10)2-3-7(8)11/h2-5,13,15H,1H3,(H2,12,14). The molecule has 1 unspecified atom stereocenters. The van der Waals surface area contributed by atoms with Gasteiger partial charge in [0.25, 0.3) is 0 Å². The van der Waals surface area contributed by atoms with E-state index in [1.165, 1.54) is 0 Å². The second kappa shape index (κ2) is 4.59. The summed E-state index contributed by atoms with van der Waals surface area (Å²) in [5.74, 6) is -1.28. The smallest absolute Gasteiger partial charge is 0.161 e. The number of nitrogens with one attached hydrogen (secondary N) is 1. The van der Waals surface area contributed by atoms with Gasteiger partial charge < -0.3 is 16.3 Å². The van der Waals surface area contributed by atoms with E-state index in [0.717, 1.165) is 18.2 Å². The molecule has 0 heterocycles. The third-order valence-corrected chi connectivity index (χ3v) is 1.86. The van der Waals surface area contributed by atoms with Crippen molar-refractivity contribution in [3.63, 3.8) is 0 Å². The molecule has 1 rings (SSSR count). The lowest BCUT2D eigenvalue weighted by Crippen LogP contribution is -2.33. The second-order valence-electron chi connectivity index (χ2n) is 3.02. The zero-order valence-electron chi connectivity index (χ0n) is 8.04. The number of oxime groups is 1. The summed E-state index contributed by atoms with van der Waals surface area (Å²) in [4.78, 5) is 0. The highest BCUT2D eigenvalue weighted by Gasteiger charge is 2.10. The van der Waals surface area contributed by atoms with Crippen molar-refractivity contribution in [2.45, 2.75) is 13.0 Å². The third-order valence-electron chi connectivity index (χ3n) is 1.86. The zero-order chi connectivity index (χ0) is 11.4. The molecular weight excluding hydrogens is 204 g/mol. The predicted octanol–water partition coefficient (Wildman–Crippen LogP) is 1.51. The number of amidine groups is 1. The molecule has 0 saturated carbocycles. The van der Waals surface area contributed by atoms with Gasteiger partial charge in [-0.2, -0.15) is 0 Å². The van der Waals surface area contributed by atoms with Gasteiger partial charge in [0.05, 0.1) is 11.7 Å². The number of halogens is 2. The number of hydrogen-bond acceptors (Lipinski definition) is 3. The first-order chi connectivity index (χ1) is 7.04. The zero-order valence-corrected chi connectivity index (χ0v) is 8.04. The molecule has 15 heavy (non-hydrogen) atoms. The van der Waals surface area contributed by atoms with Gasteiger partial charge >= 0.3 is 0 Å². The lowest BCUT2D eigenvalue weighted by atomic mass is 10.2. The van der Waals surface area contributed by atoms with Gasteiger partial charge in [0, 0.05) is 0 Å². The van der Waals surface area contributed by atoms with Crippen molar-refractivity contribution in [3.8, 4) is 0 Å². The number of nitrogens with two attached hydrogens (primary N) is 1. The van der Waals surface area contributed by atoms with Gasteiger partial charge in [-0.1, -0.05) is 5.16 Å². The Hall–Kier alpha value is -1.85. The van der Waals surface area contributed by atoms with Gasteiger partial charge in [0.15, 0.2) is 5.84 Å². The van der Waals surface area contributed by atoms with Crippen molar-refractivity contribution in [2.75, 3.05) is 5.32 Å². The van der Waals surface area contributed by atoms with Crippen molar-refractivity contribution in [2.24, 2.45) is 10.9 Å². The van der Waals surface area contributed by atoms with Crippen molar-refractivity contribution in [3.05, 3.63) is 29.8 Å². The minimum atomic E-state index is -0.603. The summed E-state index contributed by atoms with van der Waals surface area (Å²) in [7, 11) is 0. The van der Waals surface area contributed by atoms with Crippen LogP contribution in [0.5, 0.6) is 0 Å². The number of benzene rings is 1. The summed E-state index contributed by atoms with van der Waals surface area (Å²) in [5, 5.41) is 13.7. The normalized spacial score (nSPS) is 13.7. The Morgan fingerprint density at radius 2 is 2.20 bits per heavy atom. The van der Waals surface area contributed by atoms with Crippen LogP contribution in [0.15, 0.2) is 23.4 Å². The average molecular weight is 215 g/mol. The van der Waals surface area contributed by atoms with Gasteiger partial charge in [0.1, 0.15) is 11.6 Å². The van der Waals surface area contributed by atoms with Crippen molar-refractivity contribution < 1.29 is 14.0 Å². The molecule has 0 bridgehead atoms. The molecule has 0 saturated heterocycles. The molecule has 0 aliphatic heterocycles. The second-order valence-corrected chi connectivity index (χ2v) is 3.02. The van der Waals surface area contributed by atoms with E-state index in [1.807, 2.05) is 0 Å². The van der Waals surface area contributed by atoms with E-state index in [0.29, 0.717) is 0 Å². The summed E-state index contributed by atoms with van der Waals surface area (Å²) < 4.78 is 25.9. The summed E-state index contributed by atoms with van der Waals surface area (Å²) in [6.07, 6.45) is 0. The fraction of sp³-hybridized carbons (Fsp3) is 0.222. The van der Waals surface area contributed by atoms with Crippen molar-refractivity contribution >= 4 is 11.5 Å². The first-order valence-corrected chi connectivity index (χ1v) is 4.23. The Balaban J connectivity index is 2.85. The van der Waals surface area contributed by atoms with Crippen LogP contribution in [0.25, 0.3) is 0 Å². The summed E-state index contributed by atoms with van der Waals surface area (Å²) in [6, 6.07) is 2.41. The van der Waals surface area contributed by atoms with E-state index >= 15 is 0 Å².